The minimum absolute atomic E-state index is 0.0872. The monoisotopic (exact) mass is 624 g/mol. The normalized spacial score (nSPS) is 15.4. The highest BCUT2D eigenvalue weighted by molar-refractivity contribution is 9.10. The number of imide groups is 1. The van der Waals surface area contributed by atoms with E-state index in [4.69, 9.17) is 18.9 Å². The SMILES string of the molecule is O=C1S/C(=C\c2cn(CCOc3ccc4c(c3)OCO4)c3ccc(Br)cc23)C(=O)N1CCOc1ccc(F)cc1. The lowest BCUT2D eigenvalue weighted by molar-refractivity contribution is -0.123. The van der Waals surface area contributed by atoms with Gasteiger partial charge in [-0.3, -0.25) is 14.5 Å². The van der Waals surface area contributed by atoms with Crippen LogP contribution in [0.4, 0.5) is 9.18 Å². The molecule has 0 N–H and O–H groups in total. The van der Waals surface area contributed by atoms with E-state index < -0.39 is 0 Å². The van der Waals surface area contributed by atoms with Crippen molar-refractivity contribution in [3.05, 3.63) is 87.6 Å². The third-order valence-corrected chi connectivity index (χ3v) is 7.78. The molecule has 1 aromatic heterocycles. The highest BCUT2D eigenvalue weighted by Crippen LogP contribution is 2.36. The number of rotatable bonds is 9. The van der Waals surface area contributed by atoms with Crippen LogP contribution in [-0.4, -0.2) is 47.2 Å². The number of amides is 2. The summed E-state index contributed by atoms with van der Waals surface area (Å²) in [6, 6.07) is 17.0. The maximum Gasteiger partial charge on any atom is 0.293 e. The summed E-state index contributed by atoms with van der Waals surface area (Å²) in [7, 11) is 0. The van der Waals surface area contributed by atoms with Gasteiger partial charge in [0.25, 0.3) is 11.1 Å². The fourth-order valence-corrected chi connectivity index (χ4v) is 5.66. The lowest BCUT2D eigenvalue weighted by Gasteiger charge is -2.13. The molecule has 0 bridgehead atoms. The van der Waals surface area contributed by atoms with E-state index in [-0.39, 0.29) is 36.9 Å². The molecule has 11 heteroatoms. The molecule has 40 heavy (non-hydrogen) atoms. The summed E-state index contributed by atoms with van der Waals surface area (Å²) in [5.74, 6) is 1.76. The van der Waals surface area contributed by atoms with E-state index in [1.807, 2.05) is 36.5 Å². The number of ether oxygens (including phenoxy) is 4. The summed E-state index contributed by atoms with van der Waals surface area (Å²) < 4.78 is 38.3. The van der Waals surface area contributed by atoms with E-state index in [1.165, 1.54) is 24.3 Å². The second-order valence-corrected chi connectivity index (χ2v) is 10.8. The zero-order chi connectivity index (χ0) is 27.6. The van der Waals surface area contributed by atoms with Crippen LogP contribution in [0.5, 0.6) is 23.0 Å². The van der Waals surface area contributed by atoms with Crippen LogP contribution in [0, 0.1) is 5.82 Å². The van der Waals surface area contributed by atoms with E-state index in [1.54, 1.807) is 12.1 Å². The lowest BCUT2D eigenvalue weighted by Crippen LogP contribution is -2.32. The molecule has 4 aromatic rings. The number of carbonyl (C=O) groups excluding carboxylic acids is 2. The number of nitrogens with zero attached hydrogens (tertiary/aromatic N) is 2. The van der Waals surface area contributed by atoms with Crippen LogP contribution in [0.25, 0.3) is 17.0 Å². The molecule has 204 valence electrons. The first-order valence-electron chi connectivity index (χ1n) is 12.4. The number of hydrogen-bond donors (Lipinski definition) is 0. The summed E-state index contributed by atoms with van der Waals surface area (Å²) >= 11 is 4.43. The standard InChI is InChI=1S/C29H22BrFN2O6S/c30-19-1-7-24-23(14-19)18(16-32(24)9-11-37-22-6-8-25-26(15-22)39-17-38-25)13-27-28(34)33(29(35)40-27)10-12-36-21-4-2-20(31)3-5-21/h1-8,13-16H,9-12,17H2/b27-13-. The average Bonchev–Trinajstić information content (AvgIpc) is 3.62. The molecular formula is C29H22BrFN2O6S. The van der Waals surface area contributed by atoms with Crippen LogP contribution >= 0.6 is 27.7 Å². The topological polar surface area (TPSA) is 79.2 Å². The molecule has 2 aliphatic heterocycles. The van der Waals surface area contributed by atoms with Gasteiger partial charge in [-0.15, -0.1) is 0 Å². The first-order chi connectivity index (χ1) is 19.4. The van der Waals surface area contributed by atoms with Gasteiger partial charge in [0.15, 0.2) is 11.5 Å². The molecule has 0 unspecified atom stereocenters. The molecule has 0 atom stereocenters. The second kappa shape index (κ2) is 11.3. The first kappa shape index (κ1) is 26.3. The van der Waals surface area contributed by atoms with Crippen LogP contribution in [0.3, 0.4) is 0 Å². The number of hydrogen-bond acceptors (Lipinski definition) is 7. The molecule has 2 aliphatic rings. The summed E-state index contributed by atoms with van der Waals surface area (Å²) in [4.78, 5) is 27.2. The van der Waals surface area contributed by atoms with E-state index in [0.29, 0.717) is 41.1 Å². The number of fused-ring (bicyclic) bond motifs is 2. The minimum Gasteiger partial charge on any atom is -0.492 e. The van der Waals surface area contributed by atoms with Gasteiger partial charge in [0.2, 0.25) is 6.79 Å². The summed E-state index contributed by atoms with van der Waals surface area (Å²) in [6.07, 6.45) is 3.70. The summed E-state index contributed by atoms with van der Waals surface area (Å²) in [5, 5.41) is 0.574. The van der Waals surface area contributed by atoms with Crippen LogP contribution in [0.15, 0.2) is 76.2 Å². The smallest absolute Gasteiger partial charge is 0.293 e. The van der Waals surface area contributed by atoms with Gasteiger partial charge in [0.05, 0.1) is 18.0 Å². The highest BCUT2D eigenvalue weighted by Gasteiger charge is 2.35. The predicted octanol–water partition coefficient (Wildman–Crippen LogP) is 6.47. The van der Waals surface area contributed by atoms with Gasteiger partial charge in [-0.2, -0.15) is 0 Å². The zero-order valence-electron chi connectivity index (χ0n) is 21.0. The van der Waals surface area contributed by atoms with Crippen molar-refractivity contribution in [3.8, 4) is 23.0 Å². The Kier molecular flexibility index (Phi) is 7.40. The Bertz CT molecular complexity index is 1640. The van der Waals surface area contributed by atoms with Gasteiger partial charge < -0.3 is 23.5 Å². The van der Waals surface area contributed by atoms with Crippen molar-refractivity contribution in [1.82, 2.24) is 9.47 Å². The lowest BCUT2D eigenvalue weighted by atomic mass is 10.1. The van der Waals surface area contributed by atoms with Gasteiger partial charge in [-0.1, -0.05) is 15.9 Å². The molecule has 0 aliphatic carbocycles. The number of aromatic nitrogens is 1. The quantitative estimate of drug-likeness (QED) is 0.198. The Morgan fingerprint density at radius 1 is 0.925 bits per heavy atom. The van der Waals surface area contributed by atoms with Crippen LogP contribution in [-0.2, 0) is 11.3 Å². The molecule has 0 radical (unpaired) electrons. The van der Waals surface area contributed by atoms with Crippen LogP contribution in [0.2, 0.25) is 0 Å². The van der Waals surface area contributed by atoms with E-state index >= 15 is 0 Å². The first-order valence-corrected chi connectivity index (χ1v) is 14.0. The van der Waals surface area contributed by atoms with Crippen molar-refractivity contribution in [1.29, 1.82) is 0 Å². The Balaban J connectivity index is 1.15. The largest absolute Gasteiger partial charge is 0.492 e. The fraction of sp³-hybridized carbons (Fsp3) is 0.172. The van der Waals surface area contributed by atoms with Gasteiger partial charge in [0.1, 0.15) is 30.5 Å². The maximum absolute atomic E-state index is 13.1. The molecule has 6 rings (SSSR count). The highest BCUT2D eigenvalue weighted by atomic mass is 79.9. The van der Waals surface area contributed by atoms with Gasteiger partial charge in [-0.25, -0.2) is 4.39 Å². The van der Waals surface area contributed by atoms with Crippen molar-refractivity contribution in [2.75, 3.05) is 26.6 Å². The zero-order valence-corrected chi connectivity index (χ0v) is 23.4. The number of carbonyl (C=O) groups is 2. The Labute approximate surface area is 241 Å². The van der Waals surface area contributed by atoms with Crippen LogP contribution < -0.4 is 18.9 Å². The Morgan fingerprint density at radius 2 is 1.68 bits per heavy atom. The third kappa shape index (κ3) is 5.52. The van der Waals surface area contributed by atoms with Gasteiger partial charge in [-0.05, 0) is 72.4 Å². The summed E-state index contributed by atoms with van der Waals surface area (Å²) in [5.41, 5.74) is 1.78. The Hall–Kier alpha value is -3.96. The number of benzene rings is 3. The van der Waals surface area contributed by atoms with Crippen molar-refractivity contribution in [3.63, 3.8) is 0 Å². The Morgan fingerprint density at radius 3 is 2.52 bits per heavy atom. The molecule has 8 nitrogen and oxygen atoms in total. The molecule has 1 fully saturated rings. The van der Waals surface area contributed by atoms with Crippen LogP contribution in [0.1, 0.15) is 5.56 Å². The maximum atomic E-state index is 13.1. The number of thioether (sulfide) groups is 1. The van der Waals surface area contributed by atoms with E-state index in [2.05, 4.69) is 20.5 Å². The van der Waals surface area contributed by atoms with E-state index in [0.717, 1.165) is 37.6 Å². The van der Waals surface area contributed by atoms with Gasteiger partial charge in [0, 0.05) is 33.2 Å². The van der Waals surface area contributed by atoms with Crippen molar-refractivity contribution in [2.45, 2.75) is 6.54 Å². The van der Waals surface area contributed by atoms with Crippen molar-refractivity contribution in [2.24, 2.45) is 0 Å². The fourth-order valence-electron chi connectivity index (χ4n) is 4.45. The summed E-state index contributed by atoms with van der Waals surface area (Å²) in [6.45, 7) is 1.36. The van der Waals surface area contributed by atoms with Gasteiger partial charge >= 0.3 is 0 Å². The molecule has 0 spiro atoms. The number of halogens is 2. The predicted molar refractivity (Wildman–Crippen MR) is 152 cm³/mol. The molecular weight excluding hydrogens is 603 g/mol. The molecule has 1 saturated heterocycles. The molecule has 0 saturated carbocycles. The molecule has 3 aromatic carbocycles. The molecule has 3 heterocycles. The minimum atomic E-state index is -0.375. The second-order valence-electron chi connectivity index (χ2n) is 8.94. The molecule has 2 amide bonds. The van der Waals surface area contributed by atoms with Crippen molar-refractivity contribution < 1.29 is 32.9 Å². The van der Waals surface area contributed by atoms with E-state index in [9.17, 15) is 14.0 Å². The third-order valence-electron chi connectivity index (χ3n) is 6.38. The average molecular weight is 625 g/mol. The van der Waals surface area contributed by atoms with Crippen molar-refractivity contribution >= 4 is 55.8 Å².